The van der Waals surface area contributed by atoms with E-state index >= 15 is 0 Å². The number of hydrogen-bond donors (Lipinski definition) is 10. The highest BCUT2D eigenvalue weighted by atomic mass is 32.2. The van der Waals surface area contributed by atoms with E-state index in [1.54, 1.807) is 25.6 Å². The molecule has 2 aromatic rings. The maximum absolute atomic E-state index is 12.7. The van der Waals surface area contributed by atoms with Gasteiger partial charge < -0.3 is 56.0 Å². The molecule has 3 heterocycles. The number of nitrogens with zero attached hydrogens (tertiary/aromatic N) is 4. The van der Waals surface area contributed by atoms with Crippen LogP contribution in [0.25, 0.3) is 11.2 Å². The third-order valence-corrected chi connectivity index (χ3v) is 11.6. The van der Waals surface area contributed by atoms with Crippen LogP contribution in [0.3, 0.4) is 0 Å². The lowest BCUT2D eigenvalue weighted by atomic mass is 9.87. The van der Waals surface area contributed by atoms with Gasteiger partial charge in [-0.15, -0.1) is 0 Å². The van der Waals surface area contributed by atoms with Crippen molar-refractivity contribution in [3.8, 4) is 0 Å². The van der Waals surface area contributed by atoms with Crippen molar-refractivity contribution in [2.45, 2.75) is 76.8 Å². The third kappa shape index (κ3) is 14.4. The quantitative estimate of drug-likeness (QED) is 0.0517. The zero-order valence-electron chi connectivity index (χ0n) is 29.5. The van der Waals surface area contributed by atoms with Crippen molar-refractivity contribution in [1.82, 2.24) is 30.2 Å². The molecule has 1 fully saturated rings. The second-order valence-corrected chi connectivity index (χ2v) is 18.7. The highest BCUT2D eigenvalue weighted by Crippen LogP contribution is 2.61. The summed E-state index contributed by atoms with van der Waals surface area (Å²) in [6, 6.07) is 0. The van der Waals surface area contributed by atoms with Crippen LogP contribution in [0.15, 0.2) is 12.7 Å². The van der Waals surface area contributed by atoms with E-state index in [9.17, 15) is 58.2 Å². The Balaban J connectivity index is 1.50. The molecule has 0 bridgehead atoms. The molecule has 28 heteroatoms. The van der Waals surface area contributed by atoms with Crippen molar-refractivity contribution in [2.75, 3.05) is 43.5 Å². The van der Waals surface area contributed by atoms with Crippen LogP contribution in [-0.2, 0) is 45.9 Å². The number of nitrogens with one attached hydrogen (secondary N) is 2. The average Bonchev–Trinajstić information content (AvgIpc) is 3.60. The van der Waals surface area contributed by atoms with Crippen molar-refractivity contribution in [3.63, 3.8) is 0 Å². The minimum absolute atomic E-state index is 0.0344. The van der Waals surface area contributed by atoms with Gasteiger partial charge in [0.25, 0.3) is 0 Å². The first-order chi connectivity index (χ1) is 24.8. The molecule has 24 nitrogen and oxygen atoms in total. The van der Waals surface area contributed by atoms with Crippen molar-refractivity contribution in [3.05, 3.63) is 12.7 Å². The Kier molecular flexibility index (Phi) is 16.1. The highest BCUT2D eigenvalue weighted by Gasteiger charge is 2.50. The predicted molar refractivity (Wildman–Crippen MR) is 188 cm³/mol. The van der Waals surface area contributed by atoms with Crippen LogP contribution >= 0.6 is 35.2 Å². The number of carbonyl (C=O) groups is 2. The number of nitrogen functional groups attached to an aromatic ring is 1. The first kappa shape index (κ1) is 46.2. The number of fused-ring (bicyclic) bond motifs is 1. The van der Waals surface area contributed by atoms with E-state index < -0.39 is 84.2 Å². The molecule has 1 saturated heterocycles. The van der Waals surface area contributed by atoms with Gasteiger partial charge in [-0.05, 0) is 26.0 Å². The molecule has 11 N–H and O–H groups in total. The molecule has 0 radical (unpaired) electrons. The fourth-order valence-corrected chi connectivity index (χ4v) is 8.55. The number of anilines is 1. The number of nitrogens with two attached hydrogens (primary N) is 1. The number of aromatic nitrogens is 4. The summed E-state index contributed by atoms with van der Waals surface area (Å²) >= 11 is 1.55. The standard InChI is InChI=1S/C26H46N7O17P3S/c1-25(2,20(36)23(37)29-7-5-16(34)28-8-10-54-9-6-26(3,4)38)12-47-53(44,45)50-52(42,43)46-11-15-19(49-51(39,40)41)18(35)24(48-15)33-14-32-17-21(27)30-13-31-22(17)33/h13-15,18-20,24,35-36,38H,5-12H2,1-4H3,(H,28,34)(H,29,37)(H,42,43)(H,44,45)(H2,27,30,31)(H2,39,40,41)/t15-,18-,19-,20?,24-/m1/s1. The SMILES string of the molecule is CC(C)(O)CCSCCNC(=O)CCNC(=O)C(O)C(C)(C)COP(=O)(O)OP(=O)(O)OC[C@H]1O[C@@H](n2cnc3c(N)ncnc32)[C@H](O)[C@@H]1OP(=O)(O)O. The van der Waals surface area contributed by atoms with Gasteiger partial charge in [0.2, 0.25) is 11.8 Å². The van der Waals surface area contributed by atoms with E-state index in [0.29, 0.717) is 24.5 Å². The number of amides is 2. The normalized spacial score (nSPS) is 22.4. The number of ether oxygens (including phenoxy) is 1. The van der Waals surface area contributed by atoms with Crippen LogP contribution in [-0.4, -0.2) is 134 Å². The Labute approximate surface area is 313 Å². The summed E-state index contributed by atoms with van der Waals surface area (Å²) in [7, 11) is -16.4. The lowest BCUT2D eigenvalue weighted by molar-refractivity contribution is -0.137. The van der Waals surface area contributed by atoms with Gasteiger partial charge in [0, 0.05) is 30.7 Å². The molecule has 3 unspecified atom stereocenters. The smallest absolute Gasteiger partial charge is 0.390 e. The summed E-state index contributed by atoms with van der Waals surface area (Å²) < 4.78 is 62.0. The fraction of sp³-hybridized carbons (Fsp3) is 0.731. The van der Waals surface area contributed by atoms with Crippen LogP contribution in [0.2, 0.25) is 0 Å². The number of carbonyl (C=O) groups excluding carboxylic acids is 2. The summed E-state index contributed by atoms with van der Waals surface area (Å²) in [5, 5.41) is 36.1. The molecular weight excluding hydrogens is 807 g/mol. The van der Waals surface area contributed by atoms with Gasteiger partial charge in [-0.1, -0.05) is 13.8 Å². The molecule has 2 aromatic heterocycles. The van der Waals surface area contributed by atoms with Gasteiger partial charge in [-0.2, -0.15) is 16.1 Å². The zero-order chi connectivity index (χ0) is 40.7. The van der Waals surface area contributed by atoms with E-state index in [1.165, 1.54) is 13.8 Å². The number of phosphoric acid groups is 3. The maximum Gasteiger partial charge on any atom is 0.481 e. The first-order valence-corrected chi connectivity index (χ1v) is 21.7. The van der Waals surface area contributed by atoms with Gasteiger partial charge in [-0.3, -0.25) is 27.7 Å². The van der Waals surface area contributed by atoms with Gasteiger partial charge in [0.05, 0.1) is 25.1 Å². The van der Waals surface area contributed by atoms with Crippen molar-refractivity contribution < 1.29 is 80.8 Å². The van der Waals surface area contributed by atoms with E-state index in [2.05, 4.69) is 34.4 Å². The number of thioether (sulfide) groups is 1. The molecule has 2 amide bonds. The van der Waals surface area contributed by atoms with Crippen molar-refractivity contribution >= 4 is 64.0 Å². The third-order valence-electron chi connectivity index (χ3n) is 7.50. The number of imidazole rings is 1. The molecule has 1 aliphatic rings. The Morgan fingerprint density at radius 3 is 2.35 bits per heavy atom. The fourth-order valence-electron chi connectivity index (χ4n) is 4.63. The molecule has 7 atom stereocenters. The molecule has 0 aromatic carbocycles. The number of hydrogen-bond acceptors (Lipinski definition) is 18. The molecule has 1 aliphatic heterocycles. The number of rotatable bonds is 22. The average molecular weight is 854 g/mol. The van der Waals surface area contributed by atoms with Crippen LogP contribution in [0, 0.1) is 5.41 Å². The number of aliphatic hydroxyl groups excluding tert-OH is 2. The largest absolute Gasteiger partial charge is 0.481 e. The molecule has 0 aliphatic carbocycles. The Morgan fingerprint density at radius 2 is 1.70 bits per heavy atom. The van der Waals surface area contributed by atoms with E-state index in [1.807, 2.05) is 0 Å². The van der Waals surface area contributed by atoms with Crippen LogP contribution in [0.1, 0.15) is 46.8 Å². The minimum Gasteiger partial charge on any atom is -0.390 e. The van der Waals surface area contributed by atoms with Crippen molar-refractivity contribution in [1.29, 1.82) is 0 Å². The van der Waals surface area contributed by atoms with Crippen molar-refractivity contribution in [2.24, 2.45) is 5.41 Å². The predicted octanol–water partition coefficient (Wildman–Crippen LogP) is -0.701. The molecule has 54 heavy (non-hydrogen) atoms. The van der Waals surface area contributed by atoms with Gasteiger partial charge in [0.1, 0.15) is 36.3 Å². The van der Waals surface area contributed by atoms with Gasteiger partial charge in [-0.25, -0.2) is 28.6 Å². The first-order valence-electron chi connectivity index (χ1n) is 16.0. The second kappa shape index (κ2) is 18.9. The molecular formula is C26H46N7O17P3S. The summed E-state index contributed by atoms with van der Waals surface area (Å²) in [6.07, 6.45) is -6.21. The molecule has 0 spiro atoms. The van der Waals surface area contributed by atoms with E-state index in [-0.39, 0.29) is 35.9 Å². The van der Waals surface area contributed by atoms with Gasteiger partial charge in [0.15, 0.2) is 17.7 Å². The summed E-state index contributed by atoms with van der Waals surface area (Å²) in [6.45, 7) is 4.15. The Bertz CT molecular complexity index is 1740. The van der Waals surface area contributed by atoms with Gasteiger partial charge >= 0.3 is 23.5 Å². The number of aliphatic hydroxyl groups is 3. The molecule has 0 saturated carbocycles. The summed E-state index contributed by atoms with van der Waals surface area (Å²) in [5.41, 5.74) is 3.51. The maximum atomic E-state index is 12.7. The monoisotopic (exact) mass is 853 g/mol. The zero-order valence-corrected chi connectivity index (χ0v) is 33.0. The molecule has 308 valence electrons. The lowest BCUT2D eigenvalue weighted by Crippen LogP contribution is -2.46. The van der Waals surface area contributed by atoms with E-state index in [4.69, 9.17) is 19.5 Å². The Hall–Kier alpha value is -2.15. The molecule has 3 rings (SSSR count). The summed E-state index contributed by atoms with van der Waals surface area (Å²) in [4.78, 5) is 75.5. The number of phosphoric ester groups is 3. The topological polar surface area (TPSA) is 367 Å². The highest BCUT2D eigenvalue weighted by molar-refractivity contribution is 7.99. The minimum atomic E-state index is -5.56. The van der Waals surface area contributed by atoms with Crippen LogP contribution < -0.4 is 16.4 Å². The second-order valence-electron chi connectivity index (χ2n) is 13.2. The van der Waals surface area contributed by atoms with Crippen LogP contribution in [0.4, 0.5) is 5.82 Å². The Morgan fingerprint density at radius 1 is 1.04 bits per heavy atom. The van der Waals surface area contributed by atoms with Crippen LogP contribution in [0.5, 0.6) is 0 Å². The lowest BCUT2D eigenvalue weighted by Gasteiger charge is -2.30. The van der Waals surface area contributed by atoms with E-state index in [0.717, 1.165) is 17.2 Å². The summed E-state index contributed by atoms with van der Waals surface area (Å²) in [5.74, 6) is -0.0312.